The van der Waals surface area contributed by atoms with Gasteiger partial charge in [0.15, 0.2) is 0 Å². The molecule has 1 heteroatoms. The number of para-hydroxylation sites is 2. The Bertz CT molecular complexity index is 952. The van der Waals surface area contributed by atoms with E-state index in [1.54, 1.807) is 0 Å². The van der Waals surface area contributed by atoms with Crippen molar-refractivity contribution in [3.8, 4) is 0 Å². The van der Waals surface area contributed by atoms with Crippen molar-refractivity contribution in [3.63, 3.8) is 0 Å². The van der Waals surface area contributed by atoms with E-state index in [2.05, 4.69) is 114 Å². The molecule has 0 saturated carbocycles. The van der Waals surface area contributed by atoms with Gasteiger partial charge >= 0.3 is 0 Å². The monoisotopic (exact) mass is 377 g/mol. The normalized spacial score (nSPS) is 12.3. The Hall–Kier alpha value is -3.58. The third-order valence-electron chi connectivity index (χ3n) is 4.49. The number of hydrogen-bond acceptors (Lipinski definition) is 1. The smallest absolute Gasteiger partial charge is 0.0462 e. The molecule has 0 aliphatic rings. The summed E-state index contributed by atoms with van der Waals surface area (Å²) in [6.07, 6.45) is 14.7. The Morgan fingerprint density at radius 1 is 0.621 bits per heavy atom. The van der Waals surface area contributed by atoms with Gasteiger partial charge in [0.05, 0.1) is 0 Å². The molecule has 0 aromatic heterocycles. The van der Waals surface area contributed by atoms with Crippen molar-refractivity contribution in [2.75, 3.05) is 4.90 Å². The lowest BCUT2D eigenvalue weighted by Gasteiger charge is -2.25. The second-order valence-corrected chi connectivity index (χ2v) is 6.62. The highest BCUT2D eigenvalue weighted by molar-refractivity contribution is 5.77. The van der Waals surface area contributed by atoms with Gasteiger partial charge in [-0.3, -0.25) is 0 Å². The van der Waals surface area contributed by atoms with Crippen LogP contribution in [0.2, 0.25) is 0 Å². The van der Waals surface area contributed by atoms with Gasteiger partial charge in [-0.25, -0.2) is 0 Å². The summed E-state index contributed by atoms with van der Waals surface area (Å²) in [5, 5.41) is 0. The van der Waals surface area contributed by atoms with Gasteiger partial charge in [-0.1, -0.05) is 91.1 Å². The molecule has 0 fully saturated rings. The predicted octanol–water partition coefficient (Wildman–Crippen LogP) is 8.25. The van der Waals surface area contributed by atoms with Crippen molar-refractivity contribution >= 4 is 23.1 Å². The molecule has 0 spiro atoms. The summed E-state index contributed by atoms with van der Waals surface area (Å²) in [7, 11) is 0. The van der Waals surface area contributed by atoms with E-state index in [0.717, 1.165) is 17.1 Å². The first-order valence-corrected chi connectivity index (χ1v) is 9.96. The quantitative estimate of drug-likeness (QED) is 0.375. The zero-order valence-corrected chi connectivity index (χ0v) is 17.1. The van der Waals surface area contributed by atoms with Gasteiger partial charge in [-0.05, 0) is 61.4 Å². The molecule has 144 valence electrons. The molecular formula is C28H27N. The third kappa shape index (κ3) is 5.70. The lowest BCUT2D eigenvalue weighted by atomic mass is 10.1. The first-order chi connectivity index (χ1) is 14.3. The molecular weight excluding hydrogens is 350 g/mol. The molecule has 3 aromatic rings. The molecule has 0 atom stereocenters. The van der Waals surface area contributed by atoms with E-state index in [0.29, 0.717) is 0 Å². The van der Waals surface area contributed by atoms with Crippen LogP contribution in [0.15, 0.2) is 127 Å². The van der Waals surface area contributed by atoms with Gasteiger partial charge in [0, 0.05) is 17.1 Å². The van der Waals surface area contributed by atoms with E-state index in [4.69, 9.17) is 0 Å². The fraction of sp³-hybridized carbons (Fsp3) is 0.0714. The Morgan fingerprint density at radius 3 is 1.69 bits per heavy atom. The Morgan fingerprint density at radius 2 is 1.17 bits per heavy atom. The van der Waals surface area contributed by atoms with Crippen LogP contribution in [0.5, 0.6) is 0 Å². The fourth-order valence-corrected chi connectivity index (χ4v) is 3.09. The van der Waals surface area contributed by atoms with Crippen LogP contribution in [0.4, 0.5) is 17.1 Å². The molecule has 0 unspecified atom stereocenters. The molecule has 0 heterocycles. The summed E-state index contributed by atoms with van der Waals surface area (Å²) >= 11 is 0. The second-order valence-electron chi connectivity index (χ2n) is 6.62. The van der Waals surface area contributed by atoms with Crippen molar-refractivity contribution in [2.45, 2.75) is 13.8 Å². The molecule has 0 saturated heterocycles. The number of nitrogens with zero attached hydrogens (tertiary/aromatic N) is 1. The maximum Gasteiger partial charge on any atom is 0.0462 e. The fourth-order valence-electron chi connectivity index (χ4n) is 3.09. The third-order valence-corrected chi connectivity index (χ3v) is 4.49. The average Bonchev–Trinajstić information content (AvgIpc) is 2.78. The highest BCUT2D eigenvalue weighted by Crippen LogP contribution is 2.34. The maximum atomic E-state index is 2.27. The van der Waals surface area contributed by atoms with Crippen LogP contribution >= 0.6 is 0 Å². The minimum atomic E-state index is 1.14. The van der Waals surface area contributed by atoms with Crippen molar-refractivity contribution in [1.29, 1.82) is 0 Å². The molecule has 0 aliphatic carbocycles. The van der Waals surface area contributed by atoms with Gasteiger partial charge in [0.2, 0.25) is 0 Å². The van der Waals surface area contributed by atoms with E-state index in [1.165, 1.54) is 11.1 Å². The SMILES string of the molecule is C\C=C/C(/C=C/c1ccc(N(c2ccccc2)c2ccccc2)cc1)=C\C=C\C. The minimum absolute atomic E-state index is 1.14. The minimum Gasteiger partial charge on any atom is -0.311 e. The van der Waals surface area contributed by atoms with E-state index < -0.39 is 0 Å². The van der Waals surface area contributed by atoms with Crippen LogP contribution in [0.1, 0.15) is 19.4 Å². The molecule has 0 amide bonds. The topological polar surface area (TPSA) is 3.24 Å². The summed E-state index contributed by atoms with van der Waals surface area (Å²) in [4.78, 5) is 2.27. The molecule has 0 N–H and O–H groups in total. The highest BCUT2D eigenvalue weighted by atomic mass is 15.1. The molecule has 29 heavy (non-hydrogen) atoms. The van der Waals surface area contributed by atoms with Crippen molar-refractivity contribution < 1.29 is 0 Å². The number of allylic oxidation sites excluding steroid dienone is 7. The lowest BCUT2D eigenvalue weighted by molar-refractivity contribution is 1.28. The molecule has 0 radical (unpaired) electrons. The summed E-state index contributed by atoms with van der Waals surface area (Å²) < 4.78 is 0. The number of rotatable bonds is 7. The van der Waals surface area contributed by atoms with Gasteiger partial charge in [-0.15, -0.1) is 0 Å². The molecule has 0 bridgehead atoms. The summed E-state index contributed by atoms with van der Waals surface area (Å²) in [6.45, 7) is 4.06. The van der Waals surface area contributed by atoms with Crippen molar-refractivity contribution in [1.82, 2.24) is 0 Å². The van der Waals surface area contributed by atoms with Crippen LogP contribution in [-0.4, -0.2) is 0 Å². The number of hydrogen-bond donors (Lipinski definition) is 0. The standard InChI is InChI=1S/C28H27N/c1-3-5-13-24(12-4-2)18-19-25-20-22-28(23-21-25)29(26-14-8-6-9-15-26)27-16-10-7-11-17-27/h3-23H,1-2H3/b5-3+,12-4-,19-18+,24-13+. The van der Waals surface area contributed by atoms with Crippen molar-refractivity contribution in [3.05, 3.63) is 133 Å². The van der Waals surface area contributed by atoms with Gasteiger partial charge < -0.3 is 4.90 Å². The molecule has 0 aliphatic heterocycles. The highest BCUT2D eigenvalue weighted by Gasteiger charge is 2.11. The molecule has 3 aromatic carbocycles. The van der Waals surface area contributed by atoms with E-state index in [-0.39, 0.29) is 0 Å². The van der Waals surface area contributed by atoms with Gasteiger partial charge in [0.1, 0.15) is 0 Å². The first-order valence-electron chi connectivity index (χ1n) is 9.96. The van der Waals surface area contributed by atoms with E-state index >= 15 is 0 Å². The predicted molar refractivity (Wildman–Crippen MR) is 128 cm³/mol. The number of anilines is 3. The molecule has 1 nitrogen and oxygen atoms in total. The first kappa shape index (κ1) is 20.2. The van der Waals surface area contributed by atoms with Crippen LogP contribution < -0.4 is 4.90 Å². The van der Waals surface area contributed by atoms with Crippen LogP contribution in [0.25, 0.3) is 6.08 Å². The second kappa shape index (κ2) is 10.7. The lowest BCUT2D eigenvalue weighted by Crippen LogP contribution is -2.09. The summed E-state index contributed by atoms with van der Waals surface area (Å²) in [6, 6.07) is 29.6. The van der Waals surface area contributed by atoms with Gasteiger partial charge in [0.25, 0.3) is 0 Å². The zero-order chi connectivity index (χ0) is 20.3. The Labute approximate surface area is 174 Å². The van der Waals surface area contributed by atoms with Crippen LogP contribution in [0.3, 0.4) is 0 Å². The molecule has 3 rings (SSSR count). The average molecular weight is 378 g/mol. The van der Waals surface area contributed by atoms with E-state index in [9.17, 15) is 0 Å². The summed E-state index contributed by atoms with van der Waals surface area (Å²) in [5.74, 6) is 0. The Balaban J connectivity index is 1.89. The Kier molecular flexibility index (Phi) is 7.42. The van der Waals surface area contributed by atoms with Crippen molar-refractivity contribution in [2.24, 2.45) is 0 Å². The van der Waals surface area contributed by atoms with E-state index in [1.807, 2.05) is 32.1 Å². The van der Waals surface area contributed by atoms with Crippen LogP contribution in [-0.2, 0) is 0 Å². The van der Waals surface area contributed by atoms with Gasteiger partial charge in [-0.2, -0.15) is 0 Å². The van der Waals surface area contributed by atoms with Crippen LogP contribution in [0, 0.1) is 0 Å². The number of benzene rings is 3. The maximum absolute atomic E-state index is 2.27. The largest absolute Gasteiger partial charge is 0.311 e. The summed E-state index contributed by atoms with van der Waals surface area (Å²) in [5.41, 5.74) is 5.77. The zero-order valence-electron chi connectivity index (χ0n) is 17.1.